The molecule has 1 aromatic heterocycles. The first-order valence-electron chi connectivity index (χ1n) is 12.2. The van der Waals surface area contributed by atoms with Crippen molar-refractivity contribution in [1.82, 2.24) is 9.80 Å². The number of carbonyl (C=O) groups is 2. The van der Waals surface area contributed by atoms with Crippen molar-refractivity contribution in [1.29, 1.82) is 0 Å². The van der Waals surface area contributed by atoms with Crippen LogP contribution in [0, 0.1) is 5.82 Å². The number of fused-ring (bicyclic) bond motifs is 1. The summed E-state index contributed by atoms with van der Waals surface area (Å²) in [6, 6.07) is 15.9. The van der Waals surface area contributed by atoms with Gasteiger partial charge in [-0.3, -0.25) is 14.4 Å². The van der Waals surface area contributed by atoms with Crippen LogP contribution < -0.4 is 5.43 Å². The molecular formula is C30H24F4N2O4. The number of hydrogen-bond acceptors (Lipinski definition) is 4. The number of rotatable bonds is 9. The van der Waals surface area contributed by atoms with Gasteiger partial charge in [-0.15, -0.1) is 6.58 Å². The van der Waals surface area contributed by atoms with Gasteiger partial charge in [-0.25, -0.2) is 4.39 Å². The molecule has 2 amide bonds. The molecule has 0 N–H and O–H groups in total. The van der Waals surface area contributed by atoms with Gasteiger partial charge < -0.3 is 14.2 Å². The van der Waals surface area contributed by atoms with E-state index in [0.717, 1.165) is 23.1 Å². The van der Waals surface area contributed by atoms with E-state index in [4.69, 9.17) is 4.42 Å². The van der Waals surface area contributed by atoms with E-state index in [0.29, 0.717) is 16.5 Å². The molecule has 0 aliphatic rings. The predicted molar refractivity (Wildman–Crippen MR) is 141 cm³/mol. The molecule has 3 aromatic carbocycles. The Morgan fingerprint density at radius 2 is 1.65 bits per heavy atom. The minimum Gasteiger partial charge on any atom is -0.464 e. The number of benzene rings is 3. The maximum atomic E-state index is 13.6. The lowest BCUT2D eigenvalue weighted by Crippen LogP contribution is -2.43. The second-order valence-corrected chi connectivity index (χ2v) is 9.02. The summed E-state index contributed by atoms with van der Waals surface area (Å²) in [5.74, 6) is -1.87. The van der Waals surface area contributed by atoms with Crippen LogP contribution in [0.4, 0.5) is 17.6 Å². The van der Waals surface area contributed by atoms with Gasteiger partial charge in [0, 0.05) is 18.7 Å². The van der Waals surface area contributed by atoms with Crippen LogP contribution in [0.15, 0.2) is 101 Å². The van der Waals surface area contributed by atoms with Gasteiger partial charge in [0.25, 0.3) is 5.91 Å². The van der Waals surface area contributed by atoms with Crippen molar-refractivity contribution in [3.8, 4) is 0 Å². The highest BCUT2D eigenvalue weighted by Crippen LogP contribution is 2.29. The molecular weight excluding hydrogens is 528 g/mol. The molecule has 4 aromatic rings. The zero-order valence-electron chi connectivity index (χ0n) is 21.2. The fourth-order valence-electron chi connectivity index (χ4n) is 4.12. The van der Waals surface area contributed by atoms with Crippen LogP contribution in [-0.2, 0) is 24.1 Å². The first kappa shape index (κ1) is 28.3. The second-order valence-electron chi connectivity index (χ2n) is 9.02. The molecule has 10 heteroatoms. The number of carbonyl (C=O) groups excluding carboxylic acids is 2. The third-order valence-electron chi connectivity index (χ3n) is 6.15. The number of amides is 2. The summed E-state index contributed by atoms with van der Waals surface area (Å²) < 4.78 is 58.7. The third-order valence-corrected chi connectivity index (χ3v) is 6.15. The van der Waals surface area contributed by atoms with Gasteiger partial charge in [-0.2, -0.15) is 13.2 Å². The average molecular weight is 553 g/mol. The Hall–Kier alpha value is -4.73. The molecule has 0 bridgehead atoms. The van der Waals surface area contributed by atoms with Crippen molar-refractivity contribution in [3.63, 3.8) is 0 Å². The Bertz CT molecular complexity index is 1600. The topological polar surface area (TPSA) is 70.8 Å². The SMILES string of the molecule is C=CCN(CC(=O)N(Cc1ccc(F)cc1)Cc1coc2ccccc2c1=O)C(=O)c1cccc(C(F)(F)F)c1. The lowest BCUT2D eigenvalue weighted by molar-refractivity contribution is -0.137. The Kier molecular flexibility index (Phi) is 8.47. The molecule has 0 atom stereocenters. The fraction of sp³-hybridized carbons (Fsp3) is 0.167. The minimum atomic E-state index is -4.65. The average Bonchev–Trinajstić information content (AvgIpc) is 2.94. The van der Waals surface area contributed by atoms with Crippen LogP contribution >= 0.6 is 0 Å². The van der Waals surface area contributed by atoms with E-state index < -0.39 is 35.9 Å². The largest absolute Gasteiger partial charge is 0.464 e. The first-order valence-corrected chi connectivity index (χ1v) is 12.2. The molecule has 6 nitrogen and oxygen atoms in total. The summed E-state index contributed by atoms with van der Waals surface area (Å²) in [7, 11) is 0. The molecule has 0 aliphatic heterocycles. The van der Waals surface area contributed by atoms with Gasteiger partial charge in [-0.05, 0) is 48.0 Å². The van der Waals surface area contributed by atoms with E-state index in [-0.39, 0.29) is 36.2 Å². The van der Waals surface area contributed by atoms with Crippen molar-refractivity contribution < 1.29 is 31.6 Å². The molecule has 40 heavy (non-hydrogen) atoms. The van der Waals surface area contributed by atoms with Crippen molar-refractivity contribution in [2.45, 2.75) is 19.3 Å². The lowest BCUT2D eigenvalue weighted by Gasteiger charge is -2.27. The first-order chi connectivity index (χ1) is 19.1. The molecule has 4 rings (SSSR count). The van der Waals surface area contributed by atoms with Crippen molar-refractivity contribution in [2.75, 3.05) is 13.1 Å². The zero-order chi connectivity index (χ0) is 28.9. The normalized spacial score (nSPS) is 11.3. The summed E-state index contributed by atoms with van der Waals surface area (Å²) in [5.41, 5.74) is -0.486. The number of halogens is 4. The number of hydrogen-bond donors (Lipinski definition) is 0. The second kappa shape index (κ2) is 12.0. The van der Waals surface area contributed by atoms with Crippen LogP contribution in [0.25, 0.3) is 11.0 Å². The summed E-state index contributed by atoms with van der Waals surface area (Å²) in [4.78, 5) is 42.2. The van der Waals surface area contributed by atoms with Gasteiger partial charge in [0.05, 0.1) is 29.3 Å². The van der Waals surface area contributed by atoms with Crippen molar-refractivity contribution >= 4 is 22.8 Å². The number of para-hydroxylation sites is 1. The van der Waals surface area contributed by atoms with E-state index in [1.54, 1.807) is 24.3 Å². The molecule has 0 spiro atoms. The van der Waals surface area contributed by atoms with Gasteiger partial charge in [0.2, 0.25) is 5.91 Å². The highest BCUT2D eigenvalue weighted by Gasteiger charge is 2.31. The van der Waals surface area contributed by atoms with E-state index in [2.05, 4.69) is 6.58 Å². The molecule has 1 heterocycles. The smallest absolute Gasteiger partial charge is 0.416 e. The number of nitrogens with zero attached hydrogens (tertiary/aromatic N) is 2. The monoisotopic (exact) mass is 552 g/mol. The van der Waals surface area contributed by atoms with E-state index >= 15 is 0 Å². The van der Waals surface area contributed by atoms with Gasteiger partial charge in [0.1, 0.15) is 17.9 Å². The Morgan fingerprint density at radius 3 is 2.35 bits per heavy atom. The molecule has 0 saturated heterocycles. The number of alkyl halides is 3. The highest BCUT2D eigenvalue weighted by atomic mass is 19.4. The van der Waals surface area contributed by atoms with E-state index in [1.807, 2.05) is 0 Å². The minimum absolute atomic E-state index is 0.0366. The lowest BCUT2D eigenvalue weighted by atomic mass is 10.1. The molecule has 0 unspecified atom stereocenters. The molecule has 0 aliphatic carbocycles. The molecule has 0 fully saturated rings. The van der Waals surface area contributed by atoms with Gasteiger partial charge in [-0.1, -0.05) is 36.4 Å². The van der Waals surface area contributed by atoms with Crippen LogP contribution in [0.3, 0.4) is 0 Å². The Morgan fingerprint density at radius 1 is 0.925 bits per heavy atom. The maximum Gasteiger partial charge on any atom is 0.416 e. The van der Waals surface area contributed by atoms with Crippen LogP contribution in [0.5, 0.6) is 0 Å². The van der Waals surface area contributed by atoms with Crippen molar-refractivity contribution in [2.24, 2.45) is 0 Å². The van der Waals surface area contributed by atoms with Crippen LogP contribution in [0.2, 0.25) is 0 Å². The quantitative estimate of drug-likeness (QED) is 0.194. The van der Waals surface area contributed by atoms with Crippen molar-refractivity contribution in [3.05, 3.63) is 130 Å². The zero-order valence-corrected chi connectivity index (χ0v) is 21.2. The van der Waals surface area contributed by atoms with Gasteiger partial charge in [0.15, 0.2) is 5.43 Å². The molecule has 0 saturated carbocycles. The molecule has 206 valence electrons. The fourth-order valence-corrected chi connectivity index (χ4v) is 4.12. The summed E-state index contributed by atoms with van der Waals surface area (Å²) in [5, 5.41) is 0.321. The maximum absolute atomic E-state index is 13.6. The third kappa shape index (κ3) is 6.63. The Balaban J connectivity index is 1.63. The summed E-state index contributed by atoms with van der Waals surface area (Å²) >= 11 is 0. The van der Waals surface area contributed by atoms with E-state index in [1.165, 1.54) is 47.6 Å². The standard InChI is InChI=1S/C30H24F4N2O4/c1-2-14-35(29(39)21-6-5-7-23(15-21)30(32,33)34)18-27(37)36(16-20-10-12-24(31)13-11-20)17-22-19-40-26-9-4-3-8-25(26)28(22)38/h2-13,15,19H,1,14,16-18H2. The van der Waals surface area contributed by atoms with Crippen LogP contribution in [0.1, 0.15) is 27.0 Å². The summed E-state index contributed by atoms with van der Waals surface area (Å²) in [6.45, 7) is 2.72. The summed E-state index contributed by atoms with van der Waals surface area (Å²) in [6.07, 6.45) is -2.05. The van der Waals surface area contributed by atoms with E-state index in [9.17, 15) is 31.9 Å². The van der Waals surface area contributed by atoms with Crippen LogP contribution in [-0.4, -0.2) is 34.7 Å². The Labute approximate surface area is 226 Å². The highest BCUT2D eigenvalue weighted by molar-refractivity contribution is 5.96. The molecule has 0 radical (unpaired) electrons. The van der Waals surface area contributed by atoms with Gasteiger partial charge >= 0.3 is 6.18 Å². The predicted octanol–water partition coefficient (Wildman–Crippen LogP) is 5.81.